The molecule has 4 aliphatic rings. The number of ketones is 1. The highest BCUT2D eigenvalue weighted by molar-refractivity contribution is 5.84. The van der Waals surface area contributed by atoms with E-state index in [4.69, 9.17) is 4.74 Å². The molecule has 0 aliphatic heterocycles. The number of fused-ring (bicyclic) bond motifs is 6. The Balaban J connectivity index is 1.15. The highest BCUT2D eigenvalue weighted by Crippen LogP contribution is 2.64. The van der Waals surface area contributed by atoms with Crippen molar-refractivity contribution < 1.29 is 19.0 Å². The molecule has 4 saturated carbocycles. The van der Waals surface area contributed by atoms with Crippen LogP contribution in [0.3, 0.4) is 0 Å². The molecule has 4 aliphatic carbocycles. The molecule has 0 saturated heterocycles. The van der Waals surface area contributed by atoms with Gasteiger partial charge in [-0.2, -0.15) is 0 Å². The van der Waals surface area contributed by atoms with Gasteiger partial charge < -0.3 is 9.84 Å². The number of hydrogen-bond donors (Lipinski definition) is 1. The molecule has 2 aromatic rings. The van der Waals surface area contributed by atoms with Crippen molar-refractivity contribution in [3.63, 3.8) is 0 Å². The largest absolute Gasteiger partial charge is 0.387 e. The van der Waals surface area contributed by atoms with E-state index in [1.165, 1.54) is 31.4 Å². The minimum atomic E-state index is -0.643. The summed E-state index contributed by atoms with van der Waals surface area (Å²) < 4.78 is 20.8. The van der Waals surface area contributed by atoms with E-state index in [2.05, 4.69) is 17.2 Å². The fraction of sp³-hybridized carbons (Fsp3) is 0.759. The summed E-state index contributed by atoms with van der Waals surface area (Å²) in [6, 6.07) is 4.44. The van der Waals surface area contributed by atoms with Gasteiger partial charge in [0.25, 0.3) is 0 Å². The maximum absolute atomic E-state index is 13.6. The summed E-state index contributed by atoms with van der Waals surface area (Å²) in [5.41, 5.74) is 0.622. The molecule has 0 amide bonds. The third-order valence-corrected chi connectivity index (χ3v) is 10.8. The molecule has 1 aromatic heterocycles. The molecule has 196 valence electrons. The first-order valence-electron chi connectivity index (χ1n) is 14.1. The molecule has 36 heavy (non-hydrogen) atoms. The van der Waals surface area contributed by atoms with Crippen molar-refractivity contribution in [1.29, 1.82) is 0 Å². The molecule has 8 atom stereocenters. The third kappa shape index (κ3) is 4.01. The Labute approximate surface area is 213 Å². The monoisotopic (exact) mass is 497 g/mol. The Morgan fingerprint density at radius 1 is 1.14 bits per heavy atom. The Bertz CT molecular complexity index is 1140. The lowest BCUT2D eigenvalue weighted by molar-refractivity contribution is -0.138. The van der Waals surface area contributed by atoms with Crippen molar-refractivity contribution in [1.82, 2.24) is 15.0 Å². The summed E-state index contributed by atoms with van der Waals surface area (Å²) >= 11 is 0. The van der Waals surface area contributed by atoms with E-state index in [1.54, 1.807) is 10.7 Å². The fourth-order valence-electron chi connectivity index (χ4n) is 9.23. The van der Waals surface area contributed by atoms with E-state index in [1.807, 2.05) is 6.92 Å². The maximum Gasteiger partial charge on any atom is 0.157 e. The third-order valence-electron chi connectivity index (χ3n) is 10.8. The highest BCUT2D eigenvalue weighted by atomic mass is 19.1. The second kappa shape index (κ2) is 9.16. The van der Waals surface area contributed by atoms with Gasteiger partial charge in [-0.25, -0.2) is 9.07 Å². The second-order valence-electron chi connectivity index (χ2n) is 12.6. The zero-order valence-corrected chi connectivity index (χ0v) is 21.7. The van der Waals surface area contributed by atoms with Crippen LogP contribution in [-0.4, -0.2) is 44.7 Å². The summed E-state index contributed by atoms with van der Waals surface area (Å²) in [5, 5.41) is 19.4. The zero-order chi connectivity index (χ0) is 25.1. The molecule has 1 aromatic carbocycles. The van der Waals surface area contributed by atoms with E-state index in [0.717, 1.165) is 44.4 Å². The number of aromatic nitrogens is 3. The molecule has 0 radical (unpaired) electrons. The Kier molecular flexibility index (Phi) is 6.23. The average Bonchev–Trinajstić information content (AvgIpc) is 3.42. The Morgan fingerprint density at radius 2 is 1.97 bits per heavy atom. The fourth-order valence-corrected chi connectivity index (χ4v) is 9.23. The summed E-state index contributed by atoms with van der Waals surface area (Å²) in [6.45, 7) is 5.72. The number of rotatable bonds is 6. The van der Waals surface area contributed by atoms with E-state index < -0.39 is 5.60 Å². The summed E-state index contributed by atoms with van der Waals surface area (Å²) in [7, 11) is 0. The first-order valence-corrected chi connectivity index (χ1v) is 14.1. The van der Waals surface area contributed by atoms with Crippen LogP contribution >= 0.6 is 0 Å². The molecular formula is C29H40FN3O3. The van der Waals surface area contributed by atoms with Crippen LogP contribution in [0.4, 0.5) is 4.39 Å². The predicted octanol–water partition coefficient (Wildman–Crippen LogP) is 5.18. The summed E-state index contributed by atoms with van der Waals surface area (Å²) in [4.78, 5) is 13.6. The van der Waals surface area contributed by atoms with Gasteiger partial charge in [0.1, 0.15) is 17.9 Å². The molecule has 0 bridgehead atoms. The van der Waals surface area contributed by atoms with Crippen molar-refractivity contribution in [3.05, 3.63) is 24.0 Å². The predicted molar refractivity (Wildman–Crippen MR) is 135 cm³/mol. The number of carbonyl (C=O) groups is 1. The number of benzene rings is 1. The topological polar surface area (TPSA) is 77.2 Å². The minimum Gasteiger partial charge on any atom is -0.387 e. The number of hydrogen-bond acceptors (Lipinski definition) is 5. The lowest BCUT2D eigenvalue weighted by atomic mass is 9.49. The highest BCUT2D eigenvalue weighted by Gasteiger charge is 2.59. The minimum absolute atomic E-state index is 0.0535. The second-order valence-corrected chi connectivity index (χ2v) is 12.6. The molecule has 4 fully saturated rings. The zero-order valence-electron chi connectivity index (χ0n) is 21.7. The number of halogens is 1. The SMILES string of the molecule is CCOCC1(O)CCC2C(CCC3C2CCC2(C)C(C(=O)Cn4nnc5cc(F)ccc54)CCC32)C1. The van der Waals surface area contributed by atoms with Crippen molar-refractivity contribution in [2.24, 2.45) is 40.9 Å². The van der Waals surface area contributed by atoms with Crippen LogP contribution < -0.4 is 0 Å². The molecule has 6 rings (SSSR count). The van der Waals surface area contributed by atoms with Gasteiger partial charge in [0.05, 0.1) is 17.7 Å². The van der Waals surface area contributed by atoms with Crippen LogP contribution in [0.25, 0.3) is 11.0 Å². The molecule has 1 heterocycles. The van der Waals surface area contributed by atoms with Crippen LogP contribution in [0.5, 0.6) is 0 Å². The molecule has 0 spiro atoms. The van der Waals surface area contributed by atoms with Crippen LogP contribution in [0.15, 0.2) is 18.2 Å². The van der Waals surface area contributed by atoms with Crippen LogP contribution in [0, 0.1) is 46.7 Å². The van der Waals surface area contributed by atoms with Gasteiger partial charge in [0.15, 0.2) is 5.78 Å². The van der Waals surface area contributed by atoms with Crippen molar-refractivity contribution in [3.8, 4) is 0 Å². The van der Waals surface area contributed by atoms with Gasteiger partial charge in [-0.3, -0.25) is 4.79 Å². The smallest absolute Gasteiger partial charge is 0.157 e. The van der Waals surface area contributed by atoms with Crippen molar-refractivity contribution in [2.75, 3.05) is 13.2 Å². The normalized spacial score (nSPS) is 40.0. The summed E-state index contributed by atoms with van der Waals surface area (Å²) in [5.74, 6) is 3.35. The Morgan fingerprint density at radius 3 is 2.81 bits per heavy atom. The van der Waals surface area contributed by atoms with E-state index >= 15 is 0 Å². The van der Waals surface area contributed by atoms with Crippen LogP contribution in [-0.2, 0) is 16.1 Å². The Hall–Kier alpha value is -1.86. The van der Waals surface area contributed by atoms with Gasteiger partial charge >= 0.3 is 0 Å². The van der Waals surface area contributed by atoms with Gasteiger partial charge in [-0.1, -0.05) is 12.1 Å². The van der Waals surface area contributed by atoms with E-state index in [0.29, 0.717) is 47.9 Å². The van der Waals surface area contributed by atoms with Gasteiger partial charge in [0.2, 0.25) is 0 Å². The first kappa shape index (κ1) is 24.5. The van der Waals surface area contributed by atoms with Crippen molar-refractivity contribution >= 4 is 16.8 Å². The standard InChI is InChI=1S/C29H40FN3O3/c1-3-36-17-29(35)13-11-20-18(15-29)4-6-22-21(20)10-12-28(2)23(22)7-8-24(28)27(34)16-33-26-9-5-19(30)14-25(26)31-32-33/h5,9,14,18,20-24,35H,3-4,6-8,10-13,15-17H2,1-2H3. The number of nitrogens with zero attached hydrogens (tertiary/aromatic N) is 3. The van der Waals surface area contributed by atoms with Crippen molar-refractivity contribution in [2.45, 2.75) is 83.8 Å². The lowest BCUT2D eigenvalue weighted by Gasteiger charge is -2.57. The summed E-state index contributed by atoms with van der Waals surface area (Å²) in [6.07, 6.45) is 9.72. The average molecular weight is 498 g/mol. The lowest BCUT2D eigenvalue weighted by Crippen LogP contribution is -2.52. The molecule has 1 N–H and O–H groups in total. The molecule has 7 heteroatoms. The first-order chi connectivity index (χ1) is 17.3. The van der Waals surface area contributed by atoms with E-state index in [9.17, 15) is 14.3 Å². The van der Waals surface area contributed by atoms with Gasteiger partial charge in [-0.05, 0) is 112 Å². The number of Topliss-reactive ketones (excluding diaryl/α,β-unsaturated/α-hetero) is 1. The number of carbonyl (C=O) groups excluding carboxylic acids is 1. The number of ether oxygens (including phenoxy) is 1. The van der Waals surface area contributed by atoms with Crippen LogP contribution in [0.1, 0.15) is 71.6 Å². The quantitative estimate of drug-likeness (QED) is 0.595. The van der Waals surface area contributed by atoms with Crippen LogP contribution in [0.2, 0.25) is 0 Å². The van der Waals surface area contributed by atoms with Gasteiger partial charge in [0, 0.05) is 18.6 Å². The molecule has 8 unspecified atom stereocenters. The maximum atomic E-state index is 13.6. The molecule has 6 nitrogen and oxygen atoms in total. The number of aliphatic hydroxyl groups is 1. The molecular weight excluding hydrogens is 457 g/mol. The van der Waals surface area contributed by atoms with E-state index in [-0.39, 0.29) is 29.5 Å². The van der Waals surface area contributed by atoms with Gasteiger partial charge in [-0.15, -0.1) is 5.10 Å².